The van der Waals surface area contributed by atoms with E-state index in [1.165, 1.54) is 0 Å². The zero-order chi connectivity index (χ0) is 17.9. The van der Waals surface area contributed by atoms with E-state index < -0.39 is 11.9 Å². The predicted octanol–water partition coefficient (Wildman–Crippen LogP) is 1.63. The summed E-state index contributed by atoms with van der Waals surface area (Å²) in [6.07, 6.45) is -0.450. The van der Waals surface area contributed by atoms with Crippen LogP contribution < -0.4 is 4.90 Å². The van der Waals surface area contributed by atoms with Gasteiger partial charge >= 0.3 is 6.18 Å². The van der Waals surface area contributed by atoms with Crippen molar-refractivity contribution in [2.45, 2.75) is 25.4 Å². The van der Waals surface area contributed by atoms with Crippen LogP contribution in [0.25, 0.3) is 0 Å². The smallest absolute Gasteiger partial charge is 0.342 e. The molecule has 2 aliphatic heterocycles. The van der Waals surface area contributed by atoms with Crippen LogP contribution in [0.1, 0.15) is 25.0 Å². The van der Waals surface area contributed by atoms with Crippen molar-refractivity contribution in [3.8, 4) is 0 Å². The highest BCUT2D eigenvalue weighted by Gasteiger charge is 2.33. The molecule has 6 nitrogen and oxygen atoms in total. The molecule has 2 saturated heterocycles. The molecule has 0 aliphatic carbocycles. The fourth-order valence-corrected chi connectivity index (χ4v) is 3.25. The average Bonchev–Trinajstić information content (AvgIpc) is 3.02. The van der Waals surface area contributed by atoms with Crippen molar-refractivity contribution in [1.29, 1.82) is 0 Å². The lowest BCUT2D eigenvalue weighted by molar-refractivity contribution is -0.141. The quantitative estimate of drug-likeness (QED) is 0.823. The Kier molecular flexibility index (Phi) is 5.41. The van der Waals surface area contributed by atoms with E-state index >= 15 is 0 Å². The maximum Gasteiger partial charge on any atom is 0.433 e. The van der Waals surface area contributed by atoms with E-state index in [1.807, 2.05) is 4.90 Å². The van der Waals surface area contributed by atoms with Gasteiger partial charge in [0.25, 0.3) is 0 Å². The number of carbonyl (C=O) groups is 1. The fourth-order valence-electron chi connectivity index (χ4n) is 3.25. The van der Waals surface area contributed by atoms with Gasteiger partial charge in [-0.3, -0.25) is 9.69 Å². The molecule has 0 radical (unpaired) electrons. The van der Waals surface area contributed by atoms with E-state index in [1.54, 1.807) is 4.90 Å². The van der Waals surface area contributed by atoms with Crippen molar-refractivity contribution in [1.82, 2.24) is 19.8 Å². The van der Waals surface area contributed by atoms with Crippen molar-refractivity contribution < 1.29 is 18.0 Å². The van der Waals surface area contributed by atoms with Crippen molar-refractivity contribution in [2.24, 2.45) is 0 Å². The number of anilines is 1. The van der Waals surface area contributed by atoms with Crippen LogP contribution in [0.5, 0.6) is 0 Å². The maximum absolute atomic E-state index is 12.8. The molecule has 0 bridgehead atoms. The molecule has 0 unspecified atom stereocenters. The highest BCUT2D eigenvalue weighted by molar-refractivity contribution is 5.78. The average molecular weight is 357 g/mol. The number of aromatic nitrogens is 2. The highest BCUT2D eigenvalue weighted by atomic mass is 19.4. The Hall–Kier alpha value is -1.90. The van der Waals surface area contributed by atoms with E-state index in [-0.39, 0.29) is 11.9 Å². The van der Waals surface area contributed by atoms with Gasteiger partial charge in [0.2, 0.25) is 11.9 Å². The zero-order valence-electron chi connectivity index (χ0n) is 14.0. The standard InChI is InChI=1S/C16H22F3N5O/c17-16(18,19)13-4-5-20-15(21-13)24-9-3-6-22(10-11-24)12-14(25)23-7-1-2-8-23/h4-5H,1-3,6-12H2. The number of hydrogen-bond acceptors (Lipinski definition) is 5. The number of halogens is 3. The molecule has 1 amide bonds. The van der Waals surface area contributed by atoms with Gasteiger partial charge in [-0.2, -0.15) is 13.2 Å². The first-order valence-corrected chi connectivity index (χ1v) is 8.59. The summed E-state index contributed by atoms with van der Waals surface area (Å²) in [5, 5.41) is 0. The van der Waals surface area contributed by atoms with Gasteiger partial charge in [-0.05, 0) is 25.3 Å². The first-order valence-electron chi connectivity index (χ1n) is 8.59. The van der Waals surface area contributed by atoms with Crippen molar-refractivity contribution >= 4 is 11.9 Å². The lowest BCUT2D eigenvalue weighted by Crippen LogP contribution is -2.40. The fraction of sp³-hybridized carbons (Fsp3) is 0.688. The largest absolute Gasteiger partial charge is 0.433 e. The van der Waals surface area contributed by atoms with Crippen LogP contribution >= 0.6 is 0 Å². The summed E-state index contributed by atoms with van der Waals surface area (Å²) >= 11 is 0. The van der Waals surface area contributed by atoms with E-state index in [0.29, 0.717) is 26.2 Å². The van der Waals surface area contributed by atoms with Crippen LogP contribution in [-0.4, -0.2) is 71.5 Å². The third-order valence-corrected chi connectivity index (χ3v) is 4.62. The summed E-state index contributed by atoms with van der Waals surface area (Å²) in [5.41, 5.74) is -0.928. The number of nitrogens with zero attached hydrogens (tertiary/aromatic N) is 5. The molecule has 3 rings (SSSR count). The topological polar surface area (TPSA) is 52.6 Å². The van der Waals surface area contributed by atoms with Gasteiger partial charge in [-0.1, -0.05) is 0 Å². The minimum absolute atomic E-state index is 0.0996. The van der Waals surface area contributed by atoms with Crippen molar-refractivity contribution in [3.63, 3.8) is 0 Å². The Morgan fingerprint density at radius 2 is 1.80 bits per heavy atom. The maximum atomic E-state index is 12.8. The molecule has 0 saturated carbocycles. The van der Waals surface area contributed by atoms with Gasteiger partial charge in [0.15, 0.2) is 0 Å². The minimum Gasteiger partial charge on any atom is -0.342 e. The van der Waals surface area contributed by atoms with E-state index in [4.69, 9.17) is 0 Å². The molecule has 3 heterocycles. The van der Waals surface area contributed by atoms with E-state index in [0.717, 1.165) is 51.2 Å². The first-order chi connectivity index (χ1) is 11.9. The van der Waals surface area contributed by atoms with Crippen LogP contribution in [0.2, 0.25) is 0 Å². The normalized spacial score (nSPS) is 20.0. The van der Waals surface area contributed by atoms with Crippen LogP contribution in [0, 0.1) is 0 Å². The molecule has 0 spiro atoms. The van der Waals surface area contributed by atoms with Crippen molar-refractivity contribution in [3.05, 3.63) is 18.0 Å². The SMILES string of the molecule is O=C(CN1CCCN(c2nccc(C(F)(F)F)n2)CC1)N1CCCC1. The lowest BCUT2D eigenvalue weighted by atomic mass is 10.3. The third kappa shape index (κ3) is 4.59. The molecule has 0 N–H and O–H groups in total. The molecule has 1 aromatic rings. The summed E-state index contributed by atoms with van der Waals surface area (Å²) in [6, 6.07) is 0.877. The second-order valence-electron chi connectivity index (χ2n) is 6.44. The number of likely N-dealkylation sites (tertiary alicyclic amines) is 1. The number of carbonyl (C=O) groups excluding carboxylic acids is 1. The number of rotatable bonds is 3. The second kappa shape index (κ2) is 7.55. The van der Waals surface area contributed by atoms with Gasteiger partial charge < -0.3 is 9.80 Å². The van der Waals surface area contributed by atoms with E-state index in [2.05, 4.69) is 14.9 Å². The minimum atomic E-state index is -4.47. The van der Waals surface area contributed by atoms with Gasteiger partial charge in [-0.15, -0.1) is 0 Å². The molecule has 9 heteroatoms. The van der Waals surface area contributed by atoms with Gasteiger partial charge in [-0.25, -0.2) is 9.97 Å². The predicted molar refractivity (Wildman–Crippen MR) is 86.1 cm³/mol. The van der Waals surface area contributed by atoms with Gasteiger partial charge in [0.05, 0.1) is 6.54 Å². The summed E-state index contributed by atoms with van der Waals surface area (Å²) in [4.78, 5) is 25.6. The Labute approximate surface area is 144 Å². The van der Waals surface area contributed by atoms with Crippen LogP contribution in [0.3, 0.4) is 0 Å². The number of alkyl halides is 3. The Balaban J connectivity index is 1.59. The molecule has 138 valence electrons. The molecule has 1 aromatic heterocycles. The first kappa shape index (κ1) is 17.9. The van der Waals surface area contributed by atoms with Gasteiger partial charge in [0.1, 0.15) is 5.69 Å². The van der Waals surface area contributed by atoms with Crippen molar-refractivity contribution in [2.75, 3.05) is 50.7 Å². The Bertz CT molecular complexity index is 604. The van der Waals surface area contributed by atoms with Crippen LogP contribution in [0.4, 0.5) is 19.1 Å². The molecule has 0 aromatic carbocycles. The number of amides is 1. The van der Waals surface area contributed by atoms with Crippen LogP contribution in [0.15, 0.2) is 12.3 Å². The third-order valence-electron chi connectivity index (χ3n) is 4.62. The molecule has 0 atom stereocenters. The lowest BCUT2D eigenvalue weighted by Gasteiger charge is -2.24. The molecule has 25 heavy (non-hydrogen) atoms. The summed E-state index contributed by atoms with van der Waals surface area (Å²) in [5.74, 6) is 0.240. The van der Waals surface area contributed by atoms with Crippen LogP contribution in [-0.2, 0) is 11.0 Å². The molecule has 2 aliphatic rings. The summed E-state index contributed by atoms with van der Waals surface area (Å²) in [6.45, 7) is 4.48. The summed E-state index contributed by atoms with van der Waals surface area (Å²) < 4.78 is 38.4. The molecular formula is C16H22F3N5O. The Morgan fingerprint density at radius 3 is 2.52 bits per heavy atom. The van der Waals surface area contributed by atoms with Gasteiger partial charge in [0, 0.05) is 45.5 Å². The van der Waals surface area contributed by atoms with E-state index in [9.17, 15) is 18.0 Å². The highest BCUT2D eigenvalue weighted by Crippen LogP contribution is 2.28. The molecule has 2 fully saturated rings. The monoisotopic (exact) mass is 357 g/mol. The second-order valence-corrected chi connectivity index (χ2v) is 6.44. The Morgan fingerprint density at radius 1 is 1.04 bits per heavy atom. The summed E-state index contributed by atoms with van der Waals surface area (Å²) in [7, 11) is 0. The number of hydrogen-bond donors (Lipinski definition) is 0. The zero-order valence-corrected chi connectivity index (χ0v) is 14.0. The molecular weight excluding hydrogens is 335 g/mol.